The number of unbranched alkanes of at least 4 members (excludes halogenated alkanes) is 1. The third-order valence-corrected chi connectivity index (χ3v) is 1.33. The normalized spacial score (nSPS) is 11.5. The van der Waals surface area contributed by atoms with Crippen LogP contribution in [-0.2, 0) is 4.79 Å². The van der Waals surface area contributed by atoms with Crippen molar-refractivity contribution in [2.75, 3.05) is 0 Å². The Morgan fingerprint density at radius 1 is 1.55 bits per heavy atom. The molecule has 0 saturated heterocycles. The van der Waals surface area contributed by atoms with E-state index in [1.54, 1.807) is 6.92 Å². The van der Waals surface area contributed by atoms with Crippen LogP contribution in [0.1, 0.15) is 33.1 Å². The van der Waals surface area contributed by atoms with Crippen LogP contribution in [0.2, 0.25) is 0 Å². The van der Waals surface area contributed by atoms with Crippen molar-refractivity contribution in [2.24, 2.45) is 5.92 Å². The summed E-state index contributed by atoms with van der Waals surface area (Å²) in [5.41, 5.74) is 0. The van der Waals surface area contributed by atoms with Crippen LogP contribution < -0.4 is 0 Å². The smallest absolute Gasteiger partial charge is 0.307 e. The average Bonchev–Trinajstić information content (AvgIpc) is 1.97. The van der Waals surface area contributed by atoms with Gasteiger partial charge in [-0.15, -0.1) is 11.8 Å². The zero-order valence-corrected chi connectivity index (χ0v) is 7.05. The first kappa shape index (κ1) is 10.0. The fraction of sp³-hybridized carbons (Fsp3) is 0.667. The Kier molecular flexibility index (Phi) is 5.28. The summed E-state index contributed by atoms with van der Waals surface area (Å²) in [6.45, 7) is 3.72. The first-order chi connectivity index (χ1) is 5.18. The minimum atomic E-state index is -0.768. The van der Waals surface area contributed by atoms with Crippen molar-refractivity contribution >= 4 is 5.97 Å². The molecular formula is C9H14O2. The van der Waals surface area contributed by atoms with E-state index in [1.165, 1.54) is 0 Å². The van der Waals surface area contributed by atoms with E-state index in [1.807, 2.05) is 0 Å². The molecule has 0 amide bonds. The SMILES string of the molecule is CCCC#CC[C@H](C)C(=O)O. The van der Waals surface area contributed by atoms with Crippen LogP contribution in [0.15, 0.2) is 0 Å². The van der Waals surface area contributed by atoms with Gasteiger partial charge < -0.3 is 5.11 Å². The van der Waals surface area contributed by atoms with Gasteiger partial charge in [-0.05, 0) is 6.42 Å². The molecule has 11 heavy (non-hydrogen) atoms. The molecule has 0 rings (SSSR count). The van der Waals surface area contributed by atoms with Crippen LogP contribution in [-0.4, -0.2) is 11.1 Å². The zero-order chi connectivity index (χ0) is 8.69. The Labute approximate surface area is 67.6 Å². The summed E-state index contributed by atoms with van der Waals surface area (Å²) in [4.78, 5) is 10.3. The molecular weight excluding hydrogens is 140 g/mol. The summed E-state index contributed by atoms with van der Waals surface area (Å²) < 4.78 is 0. The molecule has 0 aromatic carbocycles. The Balaban J connectivity index is 3.55. The Hall–Kier alpha value is -0.970. The summed E-state index contributed by atoms with van der Waals surface area (Å²) in [5.74, 6) is 4.64. The molecule has 0 aliphatic heterocycles. The van der Waals surface area contributed by atoms with Gasteiger partial charge in [-0.1, -0.05) is 13.8 Å². The molecule has 0 aliphatic rings. The van der Waals surface area contributed by atoms with E-state index in [0.717, 1.165) is 12.8 Å². The molecule has 62 valence electrons. The molecule has 0 unspecified atom stereocenters. The van der Waals surface area contributed by atoms with E-state index in [0.29, 0.717) is 6.42 Å². The second-order valence-corrected chi connectivity index (χ2v) is 2.55. The third-order valence-electron chi connectivity index (χ3n) is 1.33. The van der Waals surface area contributed by atoms with E-state index >= 15 is 0 Å². The highest BCUT2D eigenvalue weighted by molar-refractivity contribution is 5.69. The fourth-order valence-electron chi connectivity index (χ4n) is 0.526. The lowest BCUT2D eigenvalue weighted by Crippen LogP contribution is -2.07. The maximum atomic E-state index is 10.3. The lowest BCUT2D eigenvalue weighted by atomic mass is 10.1. The monoisotopic (exact) mass is 154 g/mol. The van der Waals surface area contributed by atoms with Gasteiger partial charge in [0.2, 0.25) is 0 Å². The molecule has 0 aromatic rings. The predicted octanol–water partition coefficient (Wildman–Crippen LogP) is 1.90. The van der Waals surface area contributed by atoms with Crippen molar-refractivity contribution in [3.8, 4) is 11.8 Å². The van der Waals surface area contributed by atoms with Crippen molar-refractivity contribution in [3.05, 3.63) is 0 Å². The Morgan fingerprint density at radius 2 is 2.18 bits per heavy atom. The van der Waals surface area contributed by atoms with Gasteiger partial charge in [0.15, 0.2) is 0 Å². The molecule has 0 saturated carbocycles. The fourth-order valence-corrected chi connectivity index (χ4v) is 0.526. The van der Waals surface area contributed by atoms with Gasteiger partial charge in [0.25, 0.3) is 0 Å². The number of hydrogen-bond donors (Lipinski definition) is 1. The molecule has 0 spiro atoms. The highest BCUT2D eigenvalue weighted by Gasteiger charge is 2.07. The summed E-state index contributed by atoms with van der Waals surface area (Å²) in [7, 11) is 0. The van der Waals surface area contributed by atoms with Crippen LogP contribution in [0.5, 0.6) is 0 Å². The van der Waals surface area contributed by atoms with Gasteiger partial charge in [-0.3, -0.25) is 4.79 Å². The largest absolute Gasteiger partial charge is 0.481 e. The molecule has 0 aliphatic carbocycles. The first-order valence-electron chi connectivity index (χ1n) is 3.87. The number of aliphatic carboxylic acids is 1. The maximum Gasteiger partial charge on any atom is 0.307 e. The van der Waals surface area contributed by atoms with E-state index in [2.05, 4.69) is 18.8 Å². The summed E-state index contributed by atoms with van der Waals surface area (Å²) >= 11 is 0. The Morgan fingerprint density at radius 3 is 2.64 bits per heavy atom. The first-order valence-corrected chi connectivity index (χ1v) is 3.87. The van der Waals surface area contributed by atoms with Crippen molar-refractivity contribution < 1.29 is 9.90 Å². The molecule has 1 atom stereocenters. The molecule has 0 radical (unpaired) electrons. The minimum Gasteiger partial charge on any atom is -0.481 e. The molecule has 0 fully saturated rings. The molecule has 2 heteroatoms. The summed E-state index contributed by atoms with van der Waals surface area (Å²) in [5, 5.41) is 8.47. The minimum absolute atomic E-state index is 0.334. The molecule has 0 heterocycles. The van der Waals surface area contributed by atoms with Gasteiger partial charge in [-0.2, -0.15) is 0 Å². The number of carbonyl (C=O) groups is 1. The highest BCUT2D eigenvalue weighted by atomic mass is 16.4. The molecule has 2 nitrogen and oxygen atoms in total. The number of rotatable bonds is 3. The Bertz CT molecular complexity index is 174. The summed E-state index contributed by atoms with van der Waals surface area (Å²) in [6.07, 6.45) is 2.37. The van der Waals surface area contributed by atoms with Crippen LogP contribution in [0.3, 0.4) is 0 Å². The standard InChI is InChI=1S/C9H14O2/c1-3-4-5-6-7-8(2)9(10)11/h8H,3-4,7H2,1-2H3,(H,10,11)/t8-/m0/s1. The van der Waals surface area contributed by atoms with Crippen LogP contribution >= 0.6 is 0 Å². The number of hydrogen-bond acceptors (Lipinski definition) is 1. The highest BCUT2D eigenvalue weighted by Crippen LogP contribution is 1.99. The zero-order valence-electron chi connectivity index (χ0n) is 7.05. The van der Waals surface area contributed by atoms with Gasteiger partial charge in [0.05, 0.1) is 5.92 Å². The number of carboxylic acid groups (broad SMARTS) is 1. The van der Waals surface area contributed by atoms with Crippen molar-refractivity contribution in [1.29, 1.82) is 0 Å². The lowest BCUT2D eigenvalue weighted by Gasteiger charge is -1.97. The third kappa shape index (κ3) is 5.47. The van der Waals surface area contributed by atoms with E-state index in [9.17, 15) is 4.79 Å². The summed E-state index contributed by atoms with van der Waals surface area (Å²) in [6, 6.07) is 0. The van der Waals surface area contributed by atoms with Crippen molar-refractivity contribution in [2.45, 2.75) is 33.1 Å². The van der Waals surface area contributed by atoms with Gasteiger partial charge in [-0.25, -0.2) is 0 Å². The van der Waals surface area contributed by atoms with Crippen LogP contribution in [0.4, 0.5) is 0 Å². The van der Waals surface area contributed by atoms with E-state index in [-0.39, 0.29) is 5.92 Å². The molecule has 0 aromatic heterocycles. The van der Waals surface area contributed by atoms with Crippen molar-refractivity contribution in [3.63, 3.8) is 0 Å². The van der Waals surface area contributed by atoms with Gasteiger partial charge >= 0.3 is 5.97 Å². The quantitative estimate of drug-likeness (QED) is 0.630. The lowest BCUT2D eigenvalue weighted by molar-refractivity contribution is -0.140. The molecule has 1 N–H and O–H groups in total. The number of carboxylic acids is 1. The predicted molar refractivity (Wildman–Crippen MR) is 44.1 cm³/mol. The second-order valence-electron chi connectivity index (χ2n) is 2.55. The maximum absolute atomic E-state index is 10.3. The van der Waals surface area contributed by atoms with Crippen LogP contribution in [0.25, 0.3) is 0 Å². The van der Waals surface area contributed by atoms with E-state index in [4.69, 9.17) is 5.11 Å². The van der Waals surface area contributed by atoms with Crippen LogP contribution in [0, 0.1) is 17.8 Å². The average molecular weight is 154 g/mol. The second kappa shape index (κ2) is 5.79. The van der Waals surface area contributed by atoms with Gasteiger partial charge in [0.1, 0.15) is 0 Å². The molecule has 0 bridgehead atoms. The van der Waals surface area contributed by atoms with E-state index < -0.39 is 5.97 Å². The van der Waals surface area contributed by atoms with Crippen molar-refractivity contribution in [1.82, 2.24) is 0 Å². The van der Waals surface area contributed by atoms with Gasteiger partial charge in [0, 0.05) is 12.8 Å². The topological polar surface area (TPSA) is 37.3 Å².